The number of nitrogens with zero attached hydrogens (tertiary/aromatic N) is 3. The molecule has 2 heterocycles. The van der Waals surface area contributed by atoms with Crippen LogP contribution in [0, 0.1) is 6.92 Å². The maximum absolute atomic E-state index is 9.95. The molecule has 0 aliphatic heterocycles. The summed E-state index contributed by atoms with van der Waals surface area (Å²) in [6, 6.07) is 13.8. The number of rotatable bonds is 5. The molecule has 0 unspecified atom stereocenters. The van der Waals surface area contributed by atoms with Crippen molar-refractivity contribution < 1.29 is 14.9 Å². The molecule has 0 amide bonds. The van der Waals surface area contributed by atoms with Gasteiger partial charge in [-0.3, -0.25) is 4.68 Å². The third kappa shape index (κ3) is 4.72. The molecule has 5 aromatic rings. The lowest BCUT2D eigenvalue weighted by molar-refractivity contribution is -0.0381. The molecule has 36 heavy (non-hydrogen) atoms. The first-order chi connectivity index (χ1) is 17.0. The number of hydrogen-bond donors (Lipinski definition) is 2. The Labute approximate surface area is 218 Å². The van der Waals surface area contributed by atoms with E-state index in [-0.39, 0.29) is 6.42 Å². The van der Waals surface area contributed by atoms with Crippen LogP contribution in [-0.4, -0.2) is 36.9 Å². The quantitative estimate of drug-likeness (QED) is 0.258. The number of halogens is 1. The zero-order valence-corrected chi connectivity index (χ0v) is 22.4. The Kier molecular flexibility index (Phi) is 6.29. The molecule has 6 nitrogen and oxygen atoms in total. The number of fused-ring (bicyclic) bond motifs is 2. The number of aliphatic hydroxyl groups is 2. The van der Waals surface area contributed by atoms with Crippen molar-refractivity contribution in [2.45, 2.75) is 46.0 Å². The number of aromatic nitrogens is 3. The third-order valence-electron chi connectivity index (χ3n) is 6.02. The number of ether oxygens (including phenoxy) is 1. The van der Waals surface area contributed by atoms with Crippen LogP contribution in [-0.2, 0) is 13.5 Å². The molecule has 2 aromatic heterocycles. The van der Waals surface area contributed by atoms with E-state index in [2.05, 4.69) is 23.3 Å². The van der Waals surface area contributed by atoms with Crippen molar-refractivity contribution in [2.75, 3.05) is 0 Å². The van der Waals surface area contributed by atoms with Crippen LogP contribution in [0.25, 0.3) is 42.8 Å². The molecule has 0 spiro atoms. The lowest BCUT2D eigenvalue weighted by atomic mass is 9.92. The number of aliphatic hydroxyl groups excluding tert-OH is 1. The summed E-state index contributed by atoms with van der Waals surface area (Å²) < 4.78 is 9.14. The van der Waals surface area contributed by atoms with Crippen molar-refractivity contribution >= 4 is 44.1 Å². The van der Waals surface area contributed by atoms with E-state index in [0.717, 1.165) is 53.9 Å². The van der Waals surface area contributed by atoms with E-state index in [4.69, 9.17) is 21.3 Å². The molecule has 0 fully saturated rings. The molecule has 0 saturated carbocycles. The van der Waals surface area contributed by atoms with Gasteiger partial charge in [0.1, 0.15) is 16.4 Å². The Hall–Kier alpha value is -2.97. The molecule has 0 radical (unpaired) electrons. The molecule has 0 bridgehead atoms. The zero-order valence-electron chi connectivity index (χ0n) is 20.8. The monoisotopic (exact) mass is 521 g/mol. The largest absolute Gasteiger partial charge is 0.487 e. The van der Waals surface area contributed by atoms with Crippen molar-refractivity contribution in [1.29, 1.82) is 0 Å². The second kappa shape index (κ2) is 9.16. The highest BCUT2D eigenvalue weighted by Crippen LogP contribution is 2.45. The standard InChI is InChI=1S/C28H28ClN3O3S/c1-15-10-21-26(36-27(31-21)16-6-7-17-14-30-32(5)22(17)11-16)25(20(15)13-24(33)34)19-9-8-18(29)12-23(19)35-28(2,3)4/h6-12,14,24,33-34H,13H2,1-5H3. The van der Waals surface area contributed by atoms with Gasteiger partial charge in [-0.1, -0.05) is 23.7 Å². The minimum atomic E-state index is -1.49. The van der Waals surface area contributed by atoms with Gasteiger partial charge in [0, 0.05) is 40.6 Å². The van der Waals surface area contributed by atoms with Crippen LogP contribution in [0.4, 0.5) is 0 Å². The van der Waals surface area contributed by atoms with Crippen LogP contribution in [0.1, 0.15) is 31.9 Å². The zero-order chi connectivity index (χ0) is 25.8. The maximum Gasteiger partial charge on any atom is 0.155 e. The number of hydrogen-bond acceptors (Lipinski definition) is 6. The number of thiazole rings is 1. The minimum absolute atomic E-state index is 0.0862. The Morgan fingerprint density at radius 3 is 2.61 bits per heavy atom. The van der Waals surface area contributed by atoms with Crippen LogP contribution in [0.3, 0.4) is 0 Å². The average Bonchev–Trinajstić information content (AvgIpc) is 3.37. The summed E-state index contributed by atoms with van der Waals surface area (Å²) in [5.74, 6) is 0.641. The Morgan fingerprint density at radius 1 is 1.11 bits per heavy atom. The van der Waals surface area contributed by atoms with Gasteiger partial charge in [0.25, 0.3) is 0 Å². The second-order valence-corrected chi connectivity index (χ2v) is 11.4. The first kappa shape index (κ1) is 24.7. The maximum atomic E-state index is 9.95. The van der Waals surface area contributed by atoms with Gasteiger partial charge in [0.15, 0.2) is 6.29 Å². The fourth-order valence-corrected chi connectivity index (χ4v) is 5.77. The molecule has 0 aliphatic rings. The van der Waals surface area contributed by atoms with Gasteiger partial charge in [-0.25, -0.2) is 4.98 Å². The molecule has 2 N–H and O–H groups in total. The molecular formula is C28H28ClN3O3S. The molecule has 8 heteroatoms. The smallest absolute Gasteiger partial charge is 0.155 e. The van der Waals surface area contributed by atoms with E-state index in [1.165, 1.54) is 0 Å². The number of aryl methyl sites for hydroxylation is 2. The Bertz CT molecular complexity index is 1600. The molecule has 0 saturated heterocycles. The van der Waals surface area contributed by atoms with E-state index < -0.39 is 11.9 Å². The summed E-state index contributed by atoms with van der Waals surface area (Å²) in [5, 5.41) is 26.8. The molecule has 186 valence electrons. The molecule has 5 rings (SSSR count). The highest BCUT2D eigenvalue weighted by molar-refractivity contribution is 7.22. The van der Waals surface area contributed by atoms with E-state index in [9.17, 15) is 10.2 Å². The van der Waals surface area contributed by atoms with Crippen molar-refractivity contribution in [1.82, 2.24) is 14.8 Å². The van der Waals surface area contributed by atoms with Crippen LogP contribution in [0.15, 0.2) is 48.7 Å². The summed E-state index contributed by atoms with van der Waals surface area (Å²) >= 11 is 7.94. The van der Waals surface area contributed by atoms with Gasteiger partial charge < -0.3 is 14.9 Å². The van der Waals surface area contributed by atoms with Crippen molar-refractivity contribution in [3.05, 3.63) is 64.8 Å². The van der Waals surface area contributed by atoms with E-state index in [1.54, 1.807) is 11.3 Å². The summed E-state index contributed by atoms with van der Waals surface area (Å²) in [4.78, 5) is 4.99. The molecular weight excluding hydrogens is 494 g/mol. The van der Waals surface area contributed by atoms with Gasteiger partial charge in [-0.05, 0) is 69.2 Å². The van der Waals surface area contributed by atoms with E-state index in [1.807, 2.05) is 69.9 Å². The molecule has 3 aromatic carbocycles. The normalized spacial score (nSPS) is 12.2. The average molecular weight is 522 g/mol. The van der Waals surface area contributed by atoms with Crippen molar-refractivity contribution in [3.63, 3.8) is 0 Å². The first-order valence-corrected chi connectivity index (χ1v) is 12.9. The fourth-order valence-electron chi connectivity index (χ4n) is 4.48. The van der Waals surface area contributed by atoms with Crippen molar-refractivity contribution in [2.24, 2.45) is 7.05 Å². The van der Waals surface area contributed by atoms with Crippen molar-refractivity contribution in [3.8, 4) is 27.4 Å². The predicted molar refractivity (Wildman–Crippen MR) is 147 cm³/mol. The van der Waals surface area contributed by atoms with E-state index in [0.29, 0.717) is 10.8 Å². The summed E-state index contributed by atoms with van der Waals surface area (Å²) in [5.41, 5.74) is 5.94. The minimum Gasteiger partial charge on any atom is -0.487 e. The topological polar surface area (TPSA) is 80.4 Å². The highest BCUT2D eigenvalue weighted by atomic mass is 35.5. The SMILES string of the molecule is Cc1cc2nc(-c3ccc4cnn(C)c4c3)sc2c(-c2ccc(Cl)cc2OC(C)(C)C)c1CC(O)O. The lowest BCUT2D eigenvalue weighted by Gasteiger charge is -2.25. The van der Waals surface area contributed by atoms with Gasteiger partial charge in [0.05, 0.1) is 21.9 Å². The van der Waals surface area contributed by atoms with Crippen LogP contribution in [0.2, 0.25) is 5.02 Å². The Morgan fingerprint density at radius 2 is 1.89 bits per heavy atom. The highest BCUT2D eigenvalue weighted by Gasteiger charge is 2.24. The van der Waals surface area contributed by atoms with Gasteiger partial charge in [0.2, 0.25) is 0 Å². The van der Waals surface area contributed by atoms with Crippen LogP contribution < -0.4 is 4.74 Å². The first-order valence-electron chi connectivity index (χ1n) is 11.7. The van der Waals surface area contributed by atoms with Crippen LogP contribution >= 0.6 is 22.9 Å². The van der Waals surface area contributed by atoms with Gasteiger partial charge >= 0.3 is 0 Å². The second-order valence-electron chi connectivity index (χ2n) is 10.00. The lowest BCUT2D eigenvalue weighted by Crippen LogP contribution is -2.23. The van der Waals surface area contributed by atoms with E-state index >= 15 is 0 Å². The van der Waals surface area contributed by atoms with Gasteiger partial charge in [-0.15, -0.1) is 11.3 Å². The summed E-state index contributed by atoms with van der Waals surface area (Å²) in [6.45, 7) is 7.94. The fraction of sp³-hybridized carbons (Fsp3) is 0.286. The number of benzene rings is 3. The third-order valence-corrected chi connectivity index (χ3v) is 7.40. The summed E-state index contributed by atoms with van der Waals surface area (Å²) in [6.07, 6.45) is 0.449. The predicted octanol–water partition coefficient (Wildman–Crippen LogP) is 6.51. The van der Waals surface area contributed by atoms with Crippen LogP contribution in [0.5, 0.6) is 5.75 Å². The Balaban J connectivity index is 1.78. The summed E-state index contributed by atoms with van der Waals surface area (Å²) in [7, 11) is 1.93. The van der Waals surface area contributed by atoms with Gasteiger partial charge in [-0.2, -0.15) is 5.10 Å². The molecule has 0 aliphatic carbocycles. The molecule has 0 atom stereocenters.